The number of carbonyl (C=O) groups is 1. The van der Waals surface area contributed by atoms with Crippen molar-refractivity contribution in [2.45, 2.75) is 24.4 Å². The normalized spacial score (nSPS) is 17.2. The second-order valence-corrected chi connectivity index (χ2v) is 7.36. The minimum Gasteiger partial charge on any atom is -0.508 e. The van der Waals surface area contributed by atoms with E-state index >= 15 is 0 Å². The molecule has 0 radical (unpaired) electrons. The Balaban J connectivity index is 2.04. The molecule has 0 bridgehead atoms. The number of aromatic hydroxyl groups is 1. The van der Waals surface area contributed by atoms with Gasteiger partial charge in [-0.3, -0.25) is 9.69 Å². The first kappa shape index (κ1) is 19.2. The molecule has 0 aromatic heterocycles. The highest BCUT2D eigenvalue weighted by molar-refractivity contribution is 5.76. The summed E-state index contributed by atoms with van der Waals surface area (Å²) in [6.07, 6.45) is 1.67. The van der Waals surface area contributed by atoms with Gasteiger partial charge in [-0.15, -0.1) is 0 Å². The summed E-state index contributed by atoms with van der Waals surface area (Å²) >= 11 is 0. The topological polar surface area (TPSA) is 49.8 Å². The lowest BCUT2D eigenvalue weighted by Crippen LogP contribution is -2.53. The van der Waals surface area contributed by atoms with Crippen LogP contribution in [0.15, 0.2) is 84.9 Å². The van der Waals surface area contributed by atoms with Gasteiger partial charge in [-0.1, -0.05) is 72.8 Å². The molecule has 1 atom stereocenters. The van der Waals surface area contributed by atoms with Gasteiger partial charge in [-0.05, 0) is 41.7 Å². The maximum absolute atomic E-state index is 12.7. The molecule has 4 nitrogen and oxygen atoms in total. The number of ether oxygens (including phenoxy) is 1. The van der Waals surface area contributed by atoms with Crippen molar-refractivity contribution >= 4 is 5.97 Å². The summed E-state index contributed by atoms with van der Waals surface area (Å²) in [5.74, 6) is 0.00669. The molecule has 1 aliphatic heterocycles. The van der Waals surface area contributed by atoms with Crippen molar-refractivity contribution in [3.05, 3.63) is 102 Å². The first-order chi connectivity index (χ1) is 14.2. The highest BCUT2D eigenvalue weighted by atomic mass is 16.5. The molecule has 3 aromatic rings. The first-order valence-electron chi connectivity index (χ1n) is 9.93. The molecule has 1 fully saturated rings. The van der Waals surface area contributed by atoms with E-state index in [0.717, 1.165) is 36.1 Å². The van der Waals surface area contributed by atoms with Crippen molar-refractivity contribution in [3.8, 4) is 5.75 Å². The molecule has 148 valence electrons. The molecule has 1 saturated heterocycles. The van der Waals surface area contributed by atoms with Crippen LogP contribution in [0.3, 0.4) is 0 Å². The Labute approximate surface area is 171 Å². The summed E-state index contributed by atoms with van der Waals surface area (Å²) in [6.45, 7) is 0.768. The van der Waals surface area contributed by atoms with Gasteiger partial charge in [0, 0.05) is 6.54 Å². The molecule has 0 amide bonds. The Bertz CT molecular complexity index is 915. The van der Waals surface area contributed by atoms with Gasteiger partial charge < -0.3 is 9.84 Å². The van der Waals surface area contributed by atoms with Crippen molar-refractivity contribution in [1.82, 2.24) is 4.90 Å². The van der Waals surface area contributed by atoms with Gasteiger partial charge in [0.1, 0.15) is 11.8 Å². The molecular weight excluding hydrogens is 362 g/mol. The van der Waals surface area contributed by atoms with E-state index in [4.69, 9.17) is 4.74 Å². The maximum atomic E-state index is 12.7. The Kier molecular flexibility index (Phi) is 5.36. The van der Waals surface area contributed by atoms with Crippen molar-refractivity contribution in [2.75, 3.05) is 13.7 Å². The molecule has 4 rings (SSSR count). The van der Waals surface area contributed by atoms with Gasteiger partial charge in [-0.2, -0.15) is 0 Å². The van der Waals surface area contributed by atoms with E-state index in [2.05, 4.69) is 29.2 Å². The number of phenols is 1. The van der Waals surface area contributed by atoms with Crippen molar-refractivity contribution < 1.29 is 14.6 Å². The summed E-state index contributed by atoms with van der Waals surface area (Å²) in [5, 5.41) is 9.92. The fourth-order valence-electron chi connectivity index (χ4n) is 4.61. The number of benzene rings is 3. The van der Waals surface area contributed by atoms with E-state index in [-0.39, 0.29) is 17.8 Å². The number of esters is 1. The Morgan fingerprint density at radius 2 is 1.41 bits per heavy atom. The average molecular weight is 387 g/mol. The van der Waals surface area contributed by atoms with Crippen LogP contribution < -0.4 is 0 Å². The van der Waals surface area contributed by atoms with E-state index in [9.17, 15) is 9.90 Å². The van der Waals surface area contributed by atoms with E-state index in [1.54, 1.807) is 12.1 Å². The van der Waals surface area contributed by atoms with Gasteiger partial charge in [0.15, 0.2) is 0 Å². The van der Waals surface area contributed by atoms with Crippen LogP contribution in [-0.2, 0) is 15.1 Å². The number of likely N-dealkylation sites (tertiary alicyclic amines) is 1. The molecule has 0 saturated carbocycles. The van der Waals surface area contributed by atoms with Crippen LogP contribution in [0.25, 0.3) is 0 Å². The standard InChI is InChI=1S/C25H25NO3/c1-29-24(28)23-13-8-18-26(23)25(19-9-4-2-5-10-19,20-11-6-3-7-12-20)21-14-16-22(27)17-15-21/h2-7,9-12,14-17,23,27H,8,13,18H2,1H3. The third-order valence-electron chi connectivity index (χ3n) is 5.83. The molecule has 0 spiro atoms. The number of nitrogens with zero attached hydrogens (tertiary/aromatic N) is 1. The van der Waals surface area contributed by atoms with Gasteiger partial charge in [0.25, 0.3) is 0 Å². The summed E-state index contributed by atoms with van der Waals surface area (Å²) in [7, 11) is 1.45. The van der Waals surface area contributed by atoms with Crippen molar-refractivity contribution in [3.63, 3.8) is 0 Å². The quantitative estimate of drug-likeness (QED) is 0.523. The number of phenolic OH excluding ortho intramolecular Hbond substituents is 1. The molecule has 0 aliphatic carbocycles. The minimum absolute atomic E-state index is 0.211. The maximum Gasteiger partial charge on any atom is 0.323 e. The van der Waals surface area contributed by atoms with Crippen molar-refractivity contribution in [1.29, 1.82) is 0 Å². The second kappa shape index (κ2) is 8.10. The number of hydrogen-bond donors (Lipinski definition) is 1. The Hall–Kier alpha value is -3.11. The highest BCUT2D eigenvalue weighted by Gasteiger charge is 2.49. The summed E-state index contributed by atoms with van der Waals surface area (Å²) in [4.78, 5) is 15.0. The zero-order valence-corrected chi connectivity index (χ0v) is 16.5. The molecule has 29 heavy (non-hydrogen) atoms. The van der Waals surface area contributed by atoms with Crippen LogP contribution in [0, 0.1) is 0 Å². The van der Waals surface area contributed by atoms with E-state index < -0.39 is 5.54 Å². The summed E-state index contributed by atoms with van der Waals surface area (Å²) in [5.41, 5.74) is 2.48. The third-order valence-corrected chi connectivity index (χ3v) is 5.83. The molecule has 1 N–H and O–H groups in total. The molecule has 1 aliphatic rings. The zero-order chi connectivity index (χ0) is 20.3. The predicted molar refractivity (Wildman–Crippen MR) is 113 cm³/mol. The molecule has 1 unspecified atom stereocenters. The van der Waals surface area contributed by atoms with Crippen LogP contribution >= 0.6 is 0 Å². The molecule has 3 aromatic carbocycles. The molecule has 1 heterocycles. The molecule has 4 heteroatoms. The van der Waals surface area contributed by atoms with Crippen molar-refractivity contribution in [2.24, 2.45) is 0 Å². The number of methoxy groups -OCH3 is 1. The smallest absolute Gasteiger partial charge is 0.323 e. The van der Waals surface area contributed by atoms with E-state index in [1.807, 2.05) is 48.5 Å². The number of carbonyl (C=O) groups excluding carboxylic acids is 1. The average Bonchev–Trinajstić information content (AvgIpc) is 3.27. The van der Waals surface area contributed by atoms with Gasteiger partial charge >= 0.3 is 5.97 Å². The monoisotopic (exact) mass is 387 g/mol. The van der Waals surface area contributed by atoms with Gasteiger partial charge in [0.2, 0.25) is 0 Å². The minimum atomic E-state index is -0.675. The lowest BCUT2D eigenvalue weighted by atomic mass is 9.75. The number of hydrogen-bond acceptors (Lipinski definition) is 4. The third kappa shape index (κ3) is 3.30. The van der Waals surface area contributed by atoms with E-state index in [1.165, 1.54) is 7.11 Å². The van der Waals surface area contributed by atoms with Crippen LogP contribution in [-0.4, -0.2) is 35.7 Å². The van der Waals surface area contributed by atoms with Crippen LogP contribution in [0.2, 0.25) is 0 Å². The second-order valence-electron chi connectivity index (χ2n) is 7.36. The highest BCUT2D eigenvalue weighted by Crippen LogP contribution is 2.46. The Morgan fingerprint density at radius 1 is 0.897 bits per heavy atom. The van der Waals surface area contributed by atoms with Gasteiger partial charge in [0.05, 0.1) is 12.6 Å². The SMILES string of the molecule is COC(=O)C1CCCN1C(c1ccccc1)(c1ccccc1)c1ccc(O)cc1. The van der Waals surface area contributed by atoms with Crippen LogP contribution in [0.1, 0.15) is 29.5 Å². The zero-order valence-electron chi connectivity index (χ0n) is 16.5. The molecular formula is C25H25NO3. The first-order valence-corrected chi connectivity index (χ1v) is 9.93. The lowest BCUT2D eigenvalue weighted by molar-refractivity contribution is -0.147. The van der Waals surface area contributed by atoms with Crippen LogP contribution in [0.4, 0.5) is 0 Å². The van der Waals surface area contributed by atoms with Crippen LogP contribution in [0.5, 0.6) is 5.75 Å². The van der Waals surface area contributed by atoms with E-state index in [0.29, 0.717) is 0 Å². The lowest BCUT2D eigenvalue weighted by Gasteiger charge is -2.45. The predicted octanol–water partition coefficient (Wildman–Crippen LogP) is 4.32. The fraction of sp³-hybridized carbons (Fsp3) is 0.240. The fourth-order valence-corrected chi connectivity index (χ4v) is 4.61. The number of rotatable bonds is 5. The summed E-state index contributed by atoms with van der Waals surface area (Å²) in [6, 6.07) is 27.5. The largest absolute Gasteiger partial charge is 0.508 e. The van der Waals surface area contributed by atoms with Gasteiger partial charge in [-0.25, -0.2) is 0 Å². The Morgan fingerprint density at radius 3 is 1.93 bits per heavy atom. The summed E-state index contributed by atoms with van der Waals surface area (Å²) < 4.78 is 5.17.